The third-order valence-corrected chi connectivity index (χ3v) is 3.18. The van der Waals surface area contributed by atoms with Crippen LogP contribution >= 0.6 is 0 Å². The minimum Gasteiger partial charge on any atom is -0.410 e. The highest BCUT2D eigenvalue weighted by molar-refractivity contribution is 5.88. The smallest absolute Gasteiger partial charge is 0.410 e. The molecule has 1 aromatic rings. The predicted molar refractivity (Wildman–Crippen MR) is 88.1 cm³/mol. The van der Waals surface area contributed by atoms with E-state index in [2.05, 4.69) is 17.6 Å². The minimum absolute atomic E-state index is 0.134. The molecule has 0 spiro atoms. The molecule has 0 saturated carbocycles. The van der Waals surface area contributed by atoms with Crippen LogP contribution < -0.4 is 15.4 Å². The van der Waals surface area contributed by atoms with Crippen LogP contribution in [0, 0.1) is 0 Å². The standard InChI is InChI=1S/C17H26N2O3/c1-3-4-5-6-7-8-13-18-17(21)22-16-11-9-15(10-12-16)19-14(2)20/h9-12H,3-8,13H2,1-2H3,(H,18,21)(H,19,20). The first kappa shape index (κ1) is 18.0. The maximum atomic E-state index is 11.6. The molecule has 0 fully saturated rings. The topological polar surface area (TPSA) is 67.4 Å². The first-order valence-electron chi connectivity index (χ1n) is 7.95. The molecule has 5 nitrogen and oxygen atoms in total. The summed E-state index contributed by atoms with van der Waals surface area (Å²) in [5.41, 5.74) is 0.673. The Morgan fingerprint density at radius 2 is 1.64 bits per heavy atom. The van der Waals surface area contributed by atoms with Crippen molar-refractivity contribution in [2.75, 3.05) is 11.9 Å². The number of rotatable bonds is 9. The lowest BCUT2D eigenvalue weighted by atomic mass is 10.1. The van der Waals surface area contributed by atoms with Crippen molar-refractivity contribution < 1.29 is 14.3 Å². The zero-order valence-corrected chi connectivity index (χ0v) is 13.5. The molecule has 5 heteroatoms. The lowest BCUT2D eigenvalue weighted by Crippen LogP contribution is -2.27. The molecule has 0 aliphatic heterocycles. The number of amides is 2. The molecule has 0 aliphatic rings. The van der Waals surface area contributed by atoms with Gasteiger partial charge in [-0.2, -0.15) is 0 Å². The summed E-state index contributed by atoms with van der Waals surface area (Å²) in [5.74, 6) is 0.319. The fourth-order valence-corrected chi connectivity index (χ4v) is 2.05. The third kappa shape index (κ3) is 8.29. The number of nitrogens with one attached hydrogen (secondary N) is 2. The average Bonchev–Trinajstić information content (AvgIpc) is 2.48. The van der Waals surface area contributed by atoms with Crippen molar-refractivity contribution in [2.24, 2.45) is 0 Å². The quantitative estimate of drug-likeness (QED) is 0.675. The van der Waals surface area contributed by atoms with E-state index in [1.807, 2.05) is 0 Å². The van der Waals surface area contributed by atoms with Crippen LogP contribution in [0.1, 0.15) is 52.4 Å². The Labute approximate surface area is 132 Å². The van der Waals surface area contributed by atoms with Crippen molar-refractivity contribution in [1.29, 1.82) is 0 Å². The van der Waals surface area contributed by atoms with E-state index in [1.54, 1.807) is 24.3 Å². The number of benzene rings is 1. The summed E-state index contributed by atoms with van der Waals surface area (Å²) in [6.07, 6.45) is 6.67. The fraction of sp³-hybridized carbons (Fsp3) is 0.529. The van der Waals surface area contributed by atoms with Crippen LogP contribution in [0.25, 0.3) is 0 Å². The summed E-state index contributed by atoms with van der Waals surface area (Å²) >= 11 is 0. The van der Waals surface area contributed by atoms with Crippen LogP contribution in [-0.4, -0.2) is 18.5 Å². The molecule has 0 radical (unpaired) electrons. The SMILES string of the molecule is CCCCCCCCNC(=O)Oc1ccc(NC(C)=O)cc1. The van der Waals surface area contributed by atoms with E-state index < -0.39 is 6.09 Å². The van der Waals surface area contributed by atoms with E-state index in [0.717, 1.165) is 12.8 Å². The summed E-state index contributed by atoms with van der Waals surface area (Å²) in [4.78, 5) is 22.5. The first-order valence-corrected chi connectivity index (χ1v) is 7.95. The number of carbonyl (C=O) groups excluding carboxylic acids is 2. The molecule has 1 aromatic carbocycles. The monoisotopic (exact) mass is 306 g/mol. The van der Waals surface area contributed by atoms with Crippen LogP contribution in [0.4, 0.5) is 10.5 Å². The Bertz CT molecular complexity index is 457. The zero-order chi connectivity index (χ0) is 16.2. The minimum atomic E-state index is -0.444. The van der Waals surface area contributed by atoms with Crippen molar-refractivity contribution in [3.05, 3.63) is 24.3 Å². The van der Waals surface area contributed by atoms with Crippen LogP contribution in [0.15, 0.2) is 24.3 Å². The van der Waals surface area contributed by atoms with Gasteiger partial charge in [0.1, 0.15) is 5.75 Å². The van der Waals surface area contributed by atoms with Gasteiger partial charge in [-0.1, -0.05) is 39.0 Å². The van der Waals surface area contributed by atoms with Gasteiger partial charge in [-0.15, -0.1) is 0 Å². The normalized spacial score (nSPS) is 10.1. The highest BCUT2D eigenvalue weighted by Gasteiger charge is 2.04. The van der Waals surface area contributed by atoms with Crippen molar-refractivity contribution in [3.8, 4) is 5.75 Å². The number of unbranched alkanes of at least 4 members (excludes halogenated alkanes) is 5. The van der Waals surface area contributed by atoms with Gasteiger partial charge < -0.3 is 15.4 Å². The summed E-state index contributed by atoms with van der Waals surface area (Å²) in [6, 6.07) is 6.68. The molecule has 2 N–H and O–H groups in total. The highest BCUT2D eigenvalue weighted by Crippen LogP contribution is 2.15. The lowest BCUT2D eigenvalue weighted by Gasteiger charge is -2.07. The lowest BCUT2D eigenvalue weighted by molar-refractivity contribution is -0.114. The molecule has 22 heavy (non-hydrogen) atoms. The molecular weight excluding hydrogens is 280 g/mol. The Morgan fingerprint density at radius 3 is 2.27 bits per heavy atom. The highest BCUT2D eigenvalue weighted by atomic mass is 16.6. The van der Waals surface area contributed by atoms with Gasteiger partial charge in [0, 0.05) is 19.2 Å². The maximum Gasteiger partial charge on any atom is 0.412 e. The molecule has 2 amide bonds. The van der Waals surface area contributed by atoms with Gasteiger partial charge in [0.05, 0.1) is 0 Å². The number of anilines is 1. The summed E-state index contributed by atoms with van der Waals surface area (Å²) in [6.45, 7) is 4.27. The van der Waals surface area contributed by atoms with Crippen LogP contribution in [0.2, 0.25) is 0 Å². The van der Waals surface area contributed by atoms with Gasteiger partial charge in [-0.25, -0.2) is 4.79 Å². The van der Waals surface area contributed by atoms with Gasteiger partial charge in [0.2, 0.25) is 5.91 Å². The van der Waals surface area contributed by atoms with E-state index in [0.29, 0.717) is 18.0 Å². The average molecular weight is 306 g/mol. The van der Waals surface area contributed by atoms with Crippen LogP contribution in [-0.2, 0) is 4.79 Å². The molecule has 1 rings (SSSR count). The second-order valence-corrected chi connectivity index (χ2v) is 5.29. The Hall–Kier alpha value is -2.04. The molecule has 0 unspecified atom stereocenters. The summed E-state index contributed by atoms with van der Waals surface area (Å²) in [5, 5.41) is 5.39. The van der Waals surface area contributed by atoms with Gasteiger partial charge in [0.25, 0.3) is 0 Å². The largest absolute Gasteiger partial charge is 0.412 e. The van der Waals surface area contributed by atoms with E-state index in [9.17, 15) is 9.59 Å². The van der Waals surface area contributed by atoms with Crippen molar-refractivity contribution in [1.82, 2.24) is 5.32 Å². The van der Waals surface area contributed by atoms with E-state index >= 15 is 0 Å². The maximum absolute atomic E-state index is 11.6. The molecule has 0 atom stereocenters. The van der Waals surface area contributed by atoms with Crippen molar-refractivity contribution in [2.45, 2.75) is 52.4 Å². The number of carbonyl (C=O) groups is 2. The summed E-state index contributed by atoms with van der Waals surface area (Å²) < 4.78 is 5.16. The molecule has 0 saturated heterocycles. The number of ether oxygens (including phenoxy) is 1. The van der Waals surface area contributed by atoms with Crippen LogP contribution in [0.3, 0.4) is 0 Å². The second kappa shape index (κ2) is 10.7. The molecule has 0 heterocycles. The van der Waals surface area contributed by atoms with Crippen molar-refractivity contribution >= 4 is 17.7 Å². The first-order chi connectivity index (χ1) is 10.6. The third-order valence-electron chi connectivity index (χ3n) is 3.18. The number of hydrogen-bond acceptors (Lipinski definition) is 3. The molecule has 122 valence electrons. The van der Waals surface area contributed by atoms with Crippen molar-refractivity contribution in [3.63, 3.8) is 0 Å². The molecular formula is C17H26N2O3. The zero-order valence-electron chi connectivity index (χ0n) is 13.5. The van der Waals surface area contributed by atoms with E-state index in [4.69, 9.17) is 4.74 Å². The van der Waals surface area contributed by atoms with Gasteiger partial charge in [-0.05, 0) is 30.7 Å². The molecule has 0 aromatic heterocycles. The van der Waals surface area contributed by atoms with E-state index in [1.165, 1.54) is 32.6 Å². The van der Waals surface area contributed by atoms with Crippen LogP contribution in [0.5, 0.6) is 5.75 Å². The fourth-order valence-electron chi connectivity index (χ4n) is 2.05. The molecule has 0 aliphatic carbocycles. The Kier molecular flexibility index (Phi) is 8.72. The second-order valence-electron chi connectivity index (χ2n) is 5.29. The van der Waals surface area contributed by atoms with Gasteiger partial charge in [-0.3, -0.25) is 4.79 Å². The Morgan fingerprint density at radius 1 is 1.00 bits per heavy atom. The summed E-state index contributed by atoms with van der Waals surface area (Å²) in [7, 11) is 0. The Balaban J connectivity index is 2.17. The molecule has 0 bridgehead atoms. The predicted octanol–water partition coefficient (Wildman–Crippen LogP) is 4.09. The van der Waals surface area contributed by atoms with E-state index in [-0.39, 0.29) is 5.91 Å². The van der Waals surface area contributed by atoms with Gasteiger partial charge in [0.15, 0.2) is 0 Å². The number of hydrogen-bond donors (Lipinski definition) is 2. The van der Waals surface area contributed by atoms with Gasteiger partial charge >= 0.3 is 6.09 Å².